The van der Waals surface area contributed by atoms with E-state index < -0.39 is 0 Å². The molecule has 0 bridgehead atoms. The van der Waals surface area contributed by atoms with E-state index in [0.29, 0.717) is 18.2 Å². The number of carbonyl (C=O) groups is 1. The zero-order chi connectivity index (χ0) is 23.9. The van der Waals surface area contributed by atoms with Crippen LogP contribution in [0.4, 0.5) is 0 Å². The molecule has 2 aromatic heterocycles. The van der Waals surface area contributed by atoms with Crippen LogP contribution in [0.15, 0.2) is 85.3 Å². The number of amides is 1. The molecule has 0 spiro atoms. The van der Waals surface area contributed by atoms with Crippen molar-refractivity contribution >= 4 is 5.91 Å². The lowest BCUT2D eigenvalue weighted by molar-refractivity contribution is 0.0951. The average molecular weight is 454 g/mol. The van der Waals surface area contributed by atoms with Crippen LogP contribution in [0, 0.1) is 0 Å². The van der Waals surface area contributed by atoms with Crippen molar-refractivity contribution in [1.29, 1.82) is 0 Å². The Morgan fingerprint density at radius 3 is 2.35 bits per heavy atom. The summed E-state index contributed by atoms with van der Waals surface area (Å²) in [6.45, 7) is 8.82. The quantitative estimate of drug-likeness (QED) is 0.383. The predicted octanol–water partition coefficient (Wildman–Crippen LogP) is 5.09. The van der Waals surface area contributed by atoms with Crippen molar-refractivity contribution in [3.8, 4) is 16.9 Å². The van der Waals surface area contributed by atoms with E-state index in [2.05, 4.69) is 36.0 Å². The van der Waals surface area contributed by atoms with Crippen molar-refractivity contribution in [3.63, 3.8) is 0 Å². The predicted molar refractivity (Wildman–Crippen MR) is 136 cm³/mol. The maximum absolute atomic E-state index is 12.9. The third-order valence-electron chi connectivity index (χ3n) is 5.94. The minimum Gasteiger partial charge on any atom is -0.348 e. The largest absolute Gasteiger partial charge is 0.348 e. The van der Waals surface area contributed by atoms with Crippen LogP contribution < -0.4 is 5.32 Å². The van der Waals surface area contributed by atoms with Gasteiger partial charge in [-0.3, -0.25) is 14.7 Å². The van der Waals surface area contributed by atoms with E-state index in [1.54, 1.807) is 12.4 Å². The Kier molecular flexibility index (Phi) is 7.50. The van der Waals surface area contributed by atoms with E-state index in [1.807, 2.05) is 77.6 Å². The van der Waals surface area contributed by atoms with E-state index >= 15 is 0 Å². The minimum absolute atomic E-state index is 0.101. The number of aromatic nitrogens is 3. The van der Waals surface area contributed by atoms with Crippen molar-refractivity contribution in [1.82, 2.24) is 25.0 Å². The van der Waals surface area contributed by atoms with Gasteiger partial charge in [0, 0.05) is 54.4 Å². The zero-order valence-electron chi connectivity index (χ0n) is 20.0. The van der Waals surface area contributed by atoms with Crippen molar-refractivity contribution in [2.45, 2.75) is 39.9 Å². The van der Waals surface area contributed by atoms with E-state index in [4.69, 9.17) is 5.10 Å². The Balaban J connectivity index is 1.49. The highest BCUT2D eigenvalue weighted by Crippen LogP contribution is 2.23. The fraction of sp³-hybridized carbons (Fsp3) is 0.250. The third kappa shape index (κ3) is 5.58. The van der Waals surface area contributed by atoms with Crippen LogP contribution in [0.25, 0.3) is 16.9 Å². The number of hydrogen-bond donors (Lipinski definition) is 1. The molecule has 1 amide bonds. The smallest absolute Gasteiger partial charge is 0.251 e. The molecule has 2 aromatic carbocycles. The molecule has 1 N–H and O–H groups in total. The van der Waals surface area contributed by atoms with Crippen LogP contribution in [0.5, 0.6) is 0 Å². The van der Waals surface area contributed by atoms with Gasteiger partial charge in [-0.15, -0.1) is 0 Å². The molecule has 0 radical (unpaired) electrons. The van der Waals surface area contributed by atoms with Crippen LogP contribution >= 0.6 is 0 Å². The zero-order valence-corrected chi connectivity index (χ0v) is 20.0. The Bertz CT molecular complexity index is 1200. The average Bonchev–Trinajstić information content (AvgIpc) is 3.31. The molecule has 0 atom stereocenters. The first kappa shape index (κ1) is 23.4. The van der Waals surface area contributed by atoms with Gasteiger partial charge in [0.2, 0.25) is 0 Å². The summed E-state index contributed by atoms with van der Waals surface area (Å²) in [6, 6.07) is 22.2. The highest BCUT2D eigenvalue weighted by Gasteiger charge is 2.14. The van der Waals surface area contributed by atoms with Gasteiger partial charge < -0.3 is 5.32 Å². The molecule has 0 saturated heterocycles. The molecule has 6 heteroatoms. The number of carbonyl (C=O) groups excluding carboxylic acids is 1. The lowest BCUT2D eigenvalue weighted by Gasteiger charge is -2.24. The normalized spacial score (nSPS) is 11.2. The molecular weight excluding hydrogens is 422 g/mol. The molecule has 4 aromatic rings. The Labute approximate surface area is 201 Å². The second kappa shape index (κ2) is 10.9. The summed E-state index contributed by atoms with van der Waals surface area (Å²) in [4.78, 5) is 19.4. The molecule has 6 nitrogen and oxygen atoms in total. The molecule has 0 aliphatic heterocycles. The molecule has 4 rings (SSSR count). The van der Waals surface area contributed by atoms with Gasteiger partial charge in [0.15, 0.2) is 0 Å². The summed E-state index contributed by atoms with van der Waals surface area (Å²) in [5.41, 5.74) is 5.55. The van der Waals surface area contributed by atoms with E-state index in [-0.39, 0.29) is 5.91 Å². The van der Waals surface area contributed by atoms with Gasteiger partial charge in [0.1, 0.15) is 0 Å². The molecular formula is C28H31N5O. The van der Waals surface area contributed by atoms with E-state index in [1.165, 1.54) is 5.56 Å². The molecule has 174 valence electrons. The first-order valence-corrected chi connectivity index (χ1v) is 11.7. The van der Waals surface area contributed by atoms with Crippen LogP contribution in [-0.2, 0) is 13.1 Å². The van der Waals surface area contributed by atoms with E-state index in [9.17, 15) is 4.79 Å². The molecule has 2 heterocycles. The Hall–Kier alpha value is -3.77. The number of para-hydroxylation sites is 1. The van der Waals surface area contributed by atoms with Gasteiger partial charge in [0.25, 0.3) is 5.91 Å². The van der Waals surface area contributed by atoms with Crippen molar-refractivity contribution in [3.05, 3.63) is 102 Å². The molecule has 34 heavy (non-hydrogen) atoms. The molecule has 0 aliphatic rings. The SMILES string of the molecule is CCN(Cc1ccc(C(=O)NCc2cn(-c3ccccc3)nc2-c2ccncc2)cc1)C(C)C. The number of nitrogens with zero attached hydrogens (tertiary/aromatic N) is 4. The van der Waals surface area contributed by atoms with Crippen molar-refractivity contribution in [2.24, 2.45) is 0 Å². The third-order valence-corrected chi connectivity index (χ3v) is 5.94. The first-order valence-electron chi connectivity index (χ1n) is 11.7. The topological polar surface area (TPSA) is 63.1 Å². The summed E-state index contributed by atoms with van der Waals surface area (Å²) < 4.78 is 1.85. The van der Waals surface area contributed by atoms with Crippen molar-refractivity contribution in [2.75, 3.05) is 6.54 Å². The standard InChI is InChI=1S/C28H31N5O/c1-4-32(21(2)3)19-22-10-12-24(13-11-22)28(34)30-18-25-20-33(26-8-6-5-7-9-26)31-27(25)23-14-16-29-17-15-23/h5-17,20-21H,4,18-19H2,1-3H3,(H,30,34). The summed E-state index contributed by atoms with van der Waals surface area (Å²) >= 11 is 0. The monoisotopic (exact) mass is 453 g/mol. The maximum Gasteiger partial charge on any atom is 0.251 e. The van der Waals surface area contributed by atoms with Crippen LogP contribution in [-0.4, -0.2) is 38.2 Å². The summed E-state index contributed by atoms with van der Waals surface area (Å²) in [6.07, 6.45) is 5.47. The number of benzene rings is 2. The van der Waals surface area contributed by atoms with Gasteiger partial charge >= 0.3 is 0 Å². The number of pyridine rings is 1. The van der Waals surface area contributed by atoms with Gasteiger partial charge in [0.05, 0.1) is 11.4 Å². The number of hydrogen-bond acceptors (Lipinski definition) is 4. The number of nitrogens with one attached hydrogen (secondary N) is 1. The van der Waals surface area contributed by atoms with Crippen LogP contribution in [0.3, 0.4) is 0 Å². The van der Waals surface area contributed by atoms with E-state index in [0.717, 1.165) is 35.6 Å². The second-order valence-electron chi connectivity index (χ2n) is 8.56. The number of rotatable bonds is 9. The van der Waals surface area contributed by atoms with Gasteiger partial charge in [-0.05, 0) is 62.4 Å². The summed E-state index contributed by atoms with van der Waals surface area (Å²) in [5, 5.41) is 7.86. The first-order chi connectivity index (χ1) is 16.5. The fourth-order valence-corrected chi connectivity index (χ4v) is 3.94. The lowest BCUT2D eigenvalue weighted by Crippen LogP contribution is -2.30. The highest BCUT2D eigenvalue weighted by atomic mass is 16.1. The fourth-order valence-electron chi connectivity index (χ4n) is 3.94. The summed E-state index contributed by atoms with van der Waals surface area (Å²) in [5.74, 6) is -0.101. The Morgan fingerprint density at radius 2 is 1.71 bits per heavy atom. The summed E-state index contributed by atoms with van der Waals surface area (Å²) in [7, 11) is 0. The molecule has 0 saturated carbocycles. The minimum atomic E-state index is -0.101. The molecule has 0 fully saturated rings. The lowest BCUT2D eigenvalue weighted by atomic mass is 10.1. The van der Waals surface area contributed by atoms with Crippen LogP contribution in [0.2, 0.25) is 0 Å². The Morgan fingerprint density at radius 1 is 1.00 bits per heavy atom. The van der Waals surface area contributed by atoms with Gasteiger partial charge in [-0.1, -0.05) is 37.3 Å². The molecule has 0 unspecified atom stereocenters. The maximum atomic E-state index is 12.9. The van der Waals surface area contributed by atoms with Crippen molar-refractivity contribution < 1.29 is 4.79 Å². The van der Waals surface area contributed by atoms with Gasteiger partial charge in [-0.2, -0.15) is 5.10 Å². The van der Waals surface area contributed by atoms with Crippen LogP contribution in [0.1, 0.15) is 42.3 Å². The van der Waals surface area contributed by atoms with Gasteiger partial charge in [-0.25, -0.2) is 4.68 Å². The second-order valence-corrected chi connectivity index (χ2v) is 8.56. The highest BCUT2D eigenvalue weighted by molar-refractivity contribution is 5.94. The molecule has 0 aliphatic carbocycles.